The summed E-state index contributed by atoms with van der Waals surface area (Å²) in [6, 6.07) is 27.6. The van der Waals surface area contributed by atoms with Crippen LogP contribution >= 0.6 is 0 Å². The molecule has 5 atom stereocenters. The predicted molar refractivity (Wildman–Crippen MR) is 139 cm³/mol. The summed E-state index contributed by atoms with van der Waals surface area (Å²) in [6.45, 7) is 3.91. The number of ether oxygens (including phenoxy) is 2. The van der Waals surface area contributed by atoms with Gasteiger partial charge in [-0.15, -0.1) is 0 Å². The van der Waals surface area contributed by atoms with Gasteiger partial charge in [0, 0.05) is 36.2 Å². The van der Waals surface area contributed by atoms with Gasteiger partial charge >= 0.3 is 0 Å². The minimum absolute atomic E-state index is 0.104. The first-order valence-electron chi connectivity index (χ1n) is 12.5. The molecule has 5 nitrogen and oxygen atoms in total. The zero-order chi connectivity index (χ0) is 24.4. The first-order chi connectivity index (χ1) is 17.1. The van der Waals surface area contributed by atoms with E-state index in [4.69, 9.17) is 9.47 Å². The summed E-state index contributed by atoms with van der Waals surface area (Å²) >= 11 is 0. The van der Waals surface area contributed by atoms with Crippen molar-refractivity contribution in [3.05, 3.63) is 95.6 Å². The number of aliphatic hydroxyl groups is 1. The van der Waals surface area contributed by atoms with Gasteiger partial charge in [0.25, 0.3) is 0 Å². The van der Waals surface area contributed by atoms with Gasteiger partial charge in [0.15, 0.2) is 0 Å². The van der Waals surface area contributed by atoms with Gasteiger partial charge in [-0.25, -0.2) is 0 Å². The number of hydrogen-bond donors (Lipinski definition) is 2. The Balaban J connectivity index is 1.56. The maximum atomic E-state index is 11.2. The standard InChI is InChI=1S/C30H36N2O3/c1-30(28(21-10-6-4-7-11-21)22-12-8-5-9-13-22)29(23-16-17-32(30)27(33)19-23)31-20-24-18-25(34-2)14-15-26(24)35-3/h4-15,18,23,27-29,31,33H,16-17,19-20H2,1-3H3/t23-,27+,29-,30-/m1/s1. The lowest BCUT2D eigenvalue weighted by atomic mass is 9.61. The van der Waals surface area contributed by atoms with Gasteiger partial charge in [-0.3, -0.25) is 4.90 Å². The fourth-order valence-corrected chi connectivity index (χ4v) is 6.61. The molecule has 3 saturated heterocycles. The van der Waals surface area contributed by atoms with Crippen molar-refractivity contribution in [1.29, 1.82) is 0 Å². The number of methoxy groups -OCH3 is 2. The number of nitrogens with zero attached hydrogens (tertiary/aromatic N) is 1. The van der Waals surface area contributed by atoms with Crippen molar-refractivity contribution < 1.29 is 14.6 Å². The molecule has 3 heterocycles. The molecule has 2 N–H and O–H groups in total. The maximum Gasteiger partial charge on any atom is 0.123 e. The highest BCUT2D eigenvalue weighted by Crippen LogP contribution is 2.51. The summed E-state index contributed by atoms with van der Waals surface area (Å²) < 4.78 is 11.1. The van der Waals surface area contributed by atoms with Crippen molar-refractivity contribution in [2.75, 3.05) is 20.8 Å². The lowest BCUT2D eigenvalue weighted by Gasteiger charge is -2.63. The molecule has 0 aromatic heterocycles. The summed E-state index contributed by atoms with van der Waals surface area (Å²) in [5, 5.41) is 15.1. The van der Waals surface area contributed by atoms with E-state index in [0.29, 0.717) is 12.5 Å². The van der Waals surface area contributed by atoms with Crippen molar-refractivity contribution in [1.82, 2.24) is 10.2 Å². The normalized spacial score (nSPS) is 27.7. The Morgan fingerprint density at radius 2 is 1.63 bits per heavy atom. The maximum absolute atomic E-state index is 11.2. The van der Waals surface area contributed by atoms with Gasteiger partial charge < -0.3 is 19.9 Å². The molecule has 6 rings (SSSR count). The van der Waals surface area contributed by atoms with Crippen molar-refractivity contribution in [3.8, 4) is 11.5 Å². The molecular formula is C30H36N2O3. The first-order valence-corrected chi connectivity index (χ1v) is 12.5. The Morgan fingerprint density at radius 3 is 2.20 bits per heavy atom. The third kappa shape index (κ3) is 4.33. The summed E-state index contributed by atoms with van der Waals surface area (Å²) in [5.41, 5.74) is 3.29. The number of benzene rings is 3. The third-order valence-corrected chi connectivity index (χ3v) is 8.18. The summed E-state index contributed by atoms with van der Waals surface area (Å²) in [6.07, 6.45) is 1.44. The molecule has 35 heavy (non-hydrogen) atoms. The van der Waals surface area contributed by atoms with Crippen LogP contribution in [0.25, 0.3) is 0 Å². The van der Waals surface area contributed by atoms with E-state index in [1.54, 1.807) is 14.2 Å². The molecule has 0 radical (unpaired) electrons. The highest BCUT2D eigenvalue weighted by molar-refractivity contribution is 5.41. The van der Waals surface area contributed by atoms with E-state index in [1.807, 2.05) is 18.2 Å². The molecule has 3 aliphatic rings. The average molecular weight is 473 g/mol. The molecule has 3 fully saturated rings. The van der Waals surface area contributed by atoms with Gasteiger partial charge in [0.1, 0.15) is 17.7 Å². The van der Waals surface area contributed by atoms with E-state index in [-0.39, 0.29) is 17.5 Å². The minimum atomic E-state index is -0.432. The monoisotopic (exact) mass is 472 g/mol. The van der Waals surface area contributed by atoms with E-state index in [0.717, 1.165) is 36.4 Å². The van der Waals surface area contributed by atoms with Gasteiger partial charge in [0.2, 0.25) is 0 Å². The summed E-state index contributed by atoms with van der Waals surface area (Å²) in [7, 11) is 3.40. The van der Waals surface area contributed by atoms with Crippen molar-refractivity contribution >= 4 is 0 Å². The van der Waals surface area contributed by atoms with Crippen LogP contribution in [0.2, 0.25) is 0 Å². The zero-order valence-electron chi connectivity index (χ0n) is 20.9. The minimum Gasteiger partial charge on any atom is -0.497 e. The molecule has 0 aliphatic carbocycles. The van der Waals surface area contributed by atoms with Crippen LogP contribution in [-0.4, -0.2) is 48.6 Å². The molecule has 3 aliphatic heterocycles. The molecule has 3 aromatic carbocycles. The van der Waals surface area contributed by atoms with E-state index >= 15 is 0 Å². The Bertz CT molecular complexity index is 1080. The van der Waals surface area contributed by atoms with Crippen LogP contribution in [0.5, 0.6) is 11.5 Å². The van der Waals surface area contributed by atoms with E-state index in [2.05, 4.69) is 77.8 Å². The zero-order valence-corrected chi connectivity index (χ0v) is 20.9. The second-order valence-corrected chi connectivity index (χ2v) is 9.98. The summed E-state index contributed by atoms with van der Waals surface area (Å²) in [5.74, 6) is 2.16. The van der Waals surface area contributed by atoms with Gasteiger partial charge in [-0.05, 0) is 55.0 Å². The number of nitrogens with one attached hydrogen (secondary N) is 1. The van der Waals surface area contributed by atoms with Crippen LogP contribution in [0.4, 0.5) is 0 Å². The molecule has 0 saturated carbocycles. The van der Waals surface area contributed by atoms with Crippen molar-refractivity contribution in [2.45, 2.75) is 50.0 Å². The molecule has 1 unspecified atom stereocenters. The Kier molecular flexibility index (Phi) is 6.83. The van der Waals surface area contributed by atoms with Crippen molar-refractivity contribution in [2.24, 2.45) is 5.92 Å². The summed E-state index contributed by atoms with van der Waals surface area (Å²) in [4.78, 5) is 2.35. The lowest BCUT2D eigenvalue weighted by molar-refractivity contribution is -0.170. The SMILES string of the molecule is COc1ccc(OC)c(CN[C@@H]2[C@@H]3CCN([C@@H](O)C3)[C@]2(C)C(c2ccccc2)c2ccccc2)c1. The average Bonchev–Trinajstić information content (AvgIpc) is 2.89. The molecule has 3 aromatic rings. The number of rotatable bonds is 8. The van der Waals surface area contributed by atoms with E-state index in [1.165, 1.54) is 11.1 Å². The Morgan fingerprint density at radius 1 is 0.971 bits per heavy atom. The lowest BCUT2D eigenvalue weighted by Crippen LogP contribution is -2.74. The molecular weight excluding hydrogens is 436 g/mol. The Hall–Kier alpha value is -2.86. The van der Waals surface area contributed by atoms with Crippen LogP contribution < -0.4 is 14.8 Å². The molecule has 0 spiro atoms. The first kappa shape index (κ1) is 23.9. The van der Waals surface area contributed by atoms with Crippen molar-refractivity contribution in [3.63, 3.8) is 0 Å². The van der Waals surface area contributed by atoms with Gasteiger partial charge in [-0.2, -0.15) is 0 Å². The molecule has 184 valence electrons. The fraction of sp³-hybridized carbons (Fsp3) is 0.400. The largest absolute Gasteiger partial charge is 0.497 e. The van der Waals surface area contributed by atoms with Crippen LogP contribution in [0.1, 0.15) is 42.4 Å². The highest BCUT2D eigenvalue weighted by atomic mass is 16.5. The Labute approximate surface area is 208 Å². The highest BCUT2D eigenvalue weighted by Gasteiger charge is 2.57. The van der Waals surface area contributed by atoms with Crippen LogP contribution in [-0.2, 0) is 6.54 Å². The number of aliphatic hydroxyl groups excluding tert-OH is 1. The van der Waals surface area contributed by atoms with Gasteiger partial charge in [0.05, 0.1) is 14.2 Å². The van der Waals surface area contributed by atoms with Crippen LogP contribution in [0.3, 0.4) is 0 Å². The molecule has 5 heteroatoms. The second kappa shape index (κ2) is 10.0. The fourth-order valence-electron chi connectivity index (χ4n) is 6.61. The third-order valence-electron chi connectivity index (χ3n) is 8.18. The predicted octanol–water partition coefficient (Wildman–Crippen LogP) is 4.80. The quantitative estimate of drug-likeness (QED) is 0.493. The number of hydrogen-bond acceptors (Lipinski definition) is 5. The van der Waals surface area contributed by atoms with Crippen LogP contribution in [0, 0.1) is 5.92 Å². The molecule has 2 bridgehead atoms. The van der Waals surface area contributed by atoms with Crippen LogP contribution in [0.15, 0.2) is 78.9 Å². The van der Waals surface area contributed by atoms with Gasteiger partial charge in [-0.1, -0.05) is 60.7 Å². The smallest absolute Gasteiger partial charge is 0.123 e. The van der Waals surface area contributed by atoms with E-state index in [9.17, 15) is 5.11 Å². The van der Waals surface area contributed by atoms with E-state index < -0.39 is 6.23 Å². The molecule has 0 amide bonds. The topological polar surface area (TPSA) is 54.0 Å². The number of fused-ring (bicyclic) bond motifs is 3. The second-order valence-electron chi connectivity index (χ2n) is 9.98. The number of piperidine rings is 3.